The topological polar surface area (TPSA) is 27.7 Å². The molecule has 0 N–H and O–H groups in total. The highest BCUT2D eigenvalue weighted by molar-refractivity contribution is 7.80. The first-order valence-electron chi connectivity index (χ1n) is 4.43. The van der Waals surface area contributed by atoms with E-state index >= 15 is 0 Å². The monoisotopic (exact) mass is 258 g/mol. The highest BCUT2D eigenvalue weighted by Gasteiger charge is 2.26. The van der Waals surface area contributed by atoms with Crippen LogP contribution in [0.1, 0.15) is 6.92 Å². The van der Waals surface area contributed by atoms with E-state index in [0.29, 0.717) is 37.1 Å². The molecular weight excluding hydrogens is 240 g/mol. The molecule has 0 amide bonds. The predicted octanol–water partition coefficient (Wildman–Crippen LogP) is 1.50. The van der Waals surface area contributed by atoms with Gasteiger partial charge in [0.05, 0.1) is 19.8 Å². The molecule has 0 unspecified atom stereocenters. The van der Waals surface area contributed by atoms with Gasteiger partial charge >= 0.3 is 0 Å². The summed E-state index contributed by atoms with van der Waals surface area (Å²) in [6.45, 7) is 3.19. The maximum Gasteiger partial charge on any atom is 0.279 e. The van der Waals surface area contributed by atoms with Crippen LogP contribution in [0.5, 0.6) is 0 Å². The molecule has 0 aliphatic heterocycles. The Bertz CT molecular complexity index is 113. The van der Waals surface area contributed by atoms with Crippen LogP contribution in [0.15, 0.2) is 0 Å². The van der Waals surface area contributed by atoms with Gasteiger partial charge in [0, 0.05) is 24.2 Å². The first kappa shape index (κ1) is 14.9. The Hall–Kier alpha value is 0.930. The lowest BCUT2D eigenvalue weighted by molar-refractivity contribution is -0.364. The van der Waals surface area contributed by atoms with Gasteiger partial charge in [-0.25, -0.2) is 0 Å². The standard InChI is InChI=1S/C8H18O3S3/c1-8(9-2-5-12,10-3-6-13)11-4-7-14/h12-14H,2-7H2,1H3. The third kappa shape index (κ3) is 7.25. The van der Waals surface area contributed by atoms with E-state index in [4.69, 9.17) is 14.2 Å². The fourth-order valence-electron chi connectivity index (χ4n) is 0.818. The molecule has 0 bridgehead atoms. The normalized spacial score (nSPS) is 12.0. The summed E-state index contributed by atoms with van der Waals surface area (Å²) < 4.78 is 16.2. The quantitative estimate of drug-likeness (QED) is 0.432. The third-order valence-corrected chi connectivity index (χ3v) is 1.91. The van der Waals surface area contributed by atoms with E-state index in [-0.39, 0.29) is 0 Å². The molecule has 0 rings (SSSR count). The number of hydrogen-bond acceptors (Lipinski definition) is 6. The summed E-state index contributed by atoms with van der Waals surface area (Å²) >= 11 is 12.1. The molecule has 0 aromatic carbocycles. The maximum absolute atomic E-state index is 5.39. The van der Waals surface area contributed by atoms with Crippen LogP contribution >= 0.6 is 37.9 Å². The fourth-order valence-corrected chi connectivity index (χ4v) is 1.09. The molecule has 6 heteroatoms. The van der Waals surface area contributed by atoms with E-state index in [1.165, 1.54) is 0 Å². The van der Waals surface area contributed by atoms with Gasteiger partial charge in [0.1, 0.15) is 0 Å². The van der Waals surface area contributed by atoms with E-state index in [0.717, 1.165) is 0 Å². The van der Waals surface area contributed by atoms with E-state index in [9.17, 15) is 0 Å². The lowest BCUT2D eigenvalue weighted by Gasteiger charge is -2.29. The van der Waals surface area contributed by atoms with Crippen molar-refractivity contribution in [3.05, 3.63) is 0 Å². The predicted molar refractivity (Wildman–Crippen MR) is 67.8 cm³/mol. The molecule has 0 aliphatic rings. The maximum atomic E-state index is 5.39. The Morgan fingerprint density at radius 1 is 0.786 bits per heavy atom. The van der Waals surface area contributed by atoms with Gasteiger partial charge in [-0.3, -0.25) is 0 Å². The average Bonchev–Trinajstić information content (AvgIpc) is 2.21. The van der Waals surface area contributed by atoms with Crippen molar-refractivity contribution < 1.29 is 14.2 Å². The van der Waals surface area contributed by atoms with Gasteiger partial charge in [-0.05, 0) is 0 Å². The number of thiol groups is 3. The fraction of sp³-hybridized carbons (Fsp3) is 1.00. The molecule has 0 heterocycles. The summed E-state index contributed by atoms with van der Waals surface area (Å²) in [5.74, 6) is 0.895. The van der Waals surface area contributed by atoms with Crippen molar-refractivity contribution in [2.24, 2.45) is 0 Å². The second-order valence-electron chi connectivity index (χ2n) is 2.58. The summed E-state index contributed by atoms with van der Waals surface area (Å²) in [6.07, 6.45) is 0. The zero-order chi connectivity index (χ0) is 10.9. The molecule has 0 radical (unpaired) electrons. The van der Waals surface area contributed by atoms with Crippen molar-refractivity contribution in [3.63, 3.8) is 0 Å². The Morgan fingerprint density at radius 3 is 1.29 bits per heavy atom. The summed E-state index contributed by atoms with van der Waals surface area (Å²) in [4.78, 5) is 0. The van der Waals surface area contributed by atoms with Crippen molar-refractivity contribution in [1.29, 1.82) is 0 Å². The molecule has 3 nitrogen and oxygen atoms in total. The summed E-state index contributed by atoms with van der Waals surface area (Å²) in [5, 5.41) is 0. The molecule has 0 saturated heterocycles. The van der Waals surface area contributed by atoms with Crippen LogP contribution < -0.4 is 0 Å². The summed E-state index contributed by atoms with van der Waals surface area (Å²) in [7, 11) is 0. The smallest absolute Gasteiger partial charge is 0.279 e. The number of ether oxygens (including phenoxy) is 3. The Morgan fingerprint density at radius 2 is 1.07 bits per heavy atom. The van der Waals surface area contributed by atoms with Crippen molar-refractivity contribution in [1.82, 2.24) is 0 Å². The lowest BCUT2D eigenvalue weighted by atomic mass is 10.6. The Balaban J connectivity index is 3.89. The molecule has 0 aliphatic carbocycles. The van der Waals surface area contributed by atoms with Gasteiger partial charge < -0.3 is 14.2 Å². The Kier molecular flexibility index (Phi) is 9.79. The van der Waals surface area contributed by atoms with Crippen molar-refractivity contribution >= 4 is 37.9 Å². The van der Waals surface area contributed by atoms with E-state index in [1.807, 2.05) is 0 Å². The van der Waals surface area contributed by atoms with Gasteiger partial charge in [-0.15, -0.1) is 0 Å². The molecule has 0 aromatic rings. The van der Waals surface area contributed by atoms with Crippen molar-refractivity contribution in [3.8, 4) is 0 Å². The lowest BCUT2D eigenvalue weighted by Crippen LogP contribution is -2.37. The van der Waals surface area contributed by atoms with Gasteiger partial charge in [-0.2, -0.15) is 37.9 Å². The van der Waals surface area contributed by atoms with Gasteiger partial charge in [0.25, 0.3) is 5.97 Å². The van der Waals surface area contributed by atoms with Crippen LogP contribution in [-0.4, -0.2) is 43.1 Å². The molecule has 14 heavy (non-hydrogen) atoms. The largest absolute Gasteiger partial charge is 0.327 e. The second kappa shape index (κ2) is 9.18. The van der Waals surface area contributed by atoms with Crippen LogP contribution in [-0.2, 0) is 14.2 Å². The van der Waals surface area contributed by atoms with E-state index in [2.05, 4.69) is 37.9 Å². The SMILES string of the molecule is CC(OCCS)(OCCS)OCCS. The highest BCUT2D eigenvalue weighted by Crippen LogP contribution is 2.14. The number of rotatable bonds is 9. The molecule has 0 atom stereocenters. The van der Waals surface area contributed by atoms with Crippen molar-refractivity contribution in [2.45, 2.75) is 12.9 Å². The minimum atomic E-state index is -0.992. The van der Waals surface area contributed by atoms with Gasteiger partial charge in [0.15, 0.2) is 0 Å². The van der Waals surface area contributed by atoms with Crippen LogP contribution in [0.4, 0.5) is 0 Å². The molecule has 86 valence electrons. The first-order chi connectivity index (χ1) is 6.68. The van der Waals surface area contributed by atoms with Crippen LogP contribution in [0.2, 0.25) is 0 Å². The van der Waals surface area contributed by atoms with Crippen LogP contribution in [0.25, 0.3) is 0 Å². The Labute approximate surface area is 102 Å². The summed E-state index contributed by atoms with van der Waals surface area (Å²) in [5.41, 5.74) is 0. The van der Waals surface area contributed by atoms with E-state index < -0.39 is 5.97 Å². The second-order valence-corrected chi connectivity index (χ2v) is 3.92. The summed E-state index contributed by atoms with van der Waals surface area (Å²) in [6, 6.07) is 0. The minimum Gasteiger partial charge on any atom is -0.327 e. The third-order valence-electron chi connectivity index (χ3n) is 1.37. The first-order valence-corrected chi connectivity index (χ1v) is 6.32. The molecule has 0 saturated carbocycles. The molecule has 0 spiro atoms. The van der Waals surface area contributed by atoms with Crippen LogP contribution in [0, 0.1) is 0 Å². The average molecular weight is 258 g/mol. The molecule has 0 fully saturated rings. The zero-order valence-corrected chi connectivity index (χ0v) is 11.0. The van der Waals surface area contributed by atoms with Crippen LogP contribution in [0.3, 0.4) is 0 Å². The minimum absolute atomic E-state index is 0.485. The number of hydrogen-bond donors (Lipinski definition) is 3. The molecular formula is C8H18O3S3. The highest BCUT2D eigenvalue weighted by atomic mass is 32.1. The van der Waals surface area contributed by atoms with Gasteiger partial charge in [-0.1, -0.05) is 0 Å². The van der Waals surface area contributed by atoms with Gasteiger partial charge in [0.2, 0.25) is 0 Å². The van der Waals surface area contributed by atoms with Crippen molar-refractivity contribution in [2.75, 3.05) is 37.1 Å². The van der Waals surface area contributed by atoms with E-state index in [1.54, 1.807) is 6.92 Å². The molecule has 0 aromatic heterocycles. The zero-order valence-electron chi connectivity index (χ0n) is 8.31.